The highest BCUT2D eigenvalue weighted by Crippen LogP contribution is 2.35. The van der Waals surface area contributed by atoms with Gasteiger partial charge in [-0.15, -0.1) is 0 Å². The van der Waals surface area contributed by atoms with E-state index in [0.29, 0.717) is 0 Å². The van der Waals surface area contributed by atoms with Crippen molar-refractivity contribution in [2.45, 2.75) is 64.7 Å². The molecule has 0 aromatic heterocycles. The summed E-state index contributed by atoms with van der Waals surface area (Å²) in [6.45, 7) is 2.19. The van der Waals surface area contributed by atoms with Gasteiger partial charge in [0.25, 0.3) is 0 Å². The predicted molar refractivity (Wildman–Crippen MR) is 71.4 cm³/mol. The largest absolute Gasteiger partial charge is 0.0881 e. The molecular weight excluding hydrogens is 192 g/mol. The van der Waals surface area contributed by atoms with E-state index in [1.165, 1.54) is 57.8 Å². The summed E-state index contributed by atoms with van der Waals surface area (Å²) in [5.74, 6) is 1.88. The molecule has 2 aliphatic rings. The first kappa shape index (κ1) is 12.0. The maximum atomic E-state index is 2.53. The third-order valence-electron chi connectivity index (χ3n) is 4.48. The number of hydrogen-bond donors (Lipinski definition) is 0. The SMILES string of the molecule is CC=C1CC=CC(C2CCCCCC2)CC1. The summed E-state index contributed by atoms with van der Waals surface area (Å²) in [4.78, 5) is 0. The van der Waals surface area contributed by atoms with Crippen molar-refractivity contribution in [2.24, 2.45) is 11.8 Å². The Bertz CT molecular complexity index is 251. The van der Waals surface area contributed by atoms with E-state index in [2.05, 4.69) is 25.2 Å². The molecule has 0 heterocycles. The number of rotatable bonds is 1. The van der Waals surface area contributed by atoms with E-state index in [9.17, 15) is 0 Å². The van der Waals surface area contributed by atoms with E-state index in [1.54, 1.807) is 5.57 Å². The van der Waals surface area contributed by atoms with E-state index in [1.807, 2.05) is 0 Å². The van der Waals surface area contributed by atoms with Crippen LogP contribution in [-0.4, -0.2) is 0 Å². The lowest BCUT2D eigenvalue weighted by atomic mass is 9.83. The molecule has 0 aromatic carbocycles. The Hall–Kier alpha value is -0.520. The molecule has 0 amide bonds. The molecule has 0 aliphatic heterocycles. The lowest BCUT2D eigenvalue weighted by Gasteiger charge is -2.22. The average Bonchev–Trinajstić information content (AvgIpc) is 2.71. The monoisotopic (exact) mass is 218 g/mol. The molecule has 0 N–H and O–H groups in total. The Labute approximate surface area is 101 Å². The average molecular weight is 218 g/mol. The zero-order valence-corrected chi connectivity index (χ0v) is 10.8. The second-order valence-electron chi connectivity index (χ2n) is 5.53. The van der Waals surface area contributed by atoms with Gasteiger partial charge < -0.3 is 0 Å². The predicted octanol–water partition coefficient (Wildman–Crippen LogP) is 5.26. The van der Waals surface area contributed by atoms with Gasteiger partial charge in [0, 0.05) is 0 Å². The first-order valence-corrected chi connectivity index (χ1v) is 7.21. The summed E-state index contributed by atoms with van der Waals surface area (Å²) in [5, 5.41) is 0. The molecule has 0 aromatic rings. The Morgan fingerprint density at radius 1 is 1.06 bits per heavy atom. The van der Waals surface area contributed by atoms with Crippen LogP contribution >= 0.6 is 0 Å². The molecule has 0 radical (unpaired) electrons. The van der Waals surface area contributed by atoms with Crippen molar-refractivity contribution in [1.29, 1.82) is 0 Å². The van der Waals surface area contributed by atoms with Crippen molar-refractivity contribution < 1.29 is 0 Å². The normalized spacial score (nSPS) is 31.3. The first-order chi connectivity index (χ1) is 7.90. The molecule has 2 rings (SSSR count). The lowest BCUT2D eigenvalue weighted by Crippen LogP contribution is -2.11. The molecule has 1 saturated carbocycles. The minimum Gasteiger partial charge on any atom is -0.0881 e. The third-order valence-corrected chi connectivity index (χ3v) is 4.48. The van der Waals surface area contributed by atoms with E-state index in [0.717, 1.165) is 11.8 Å². The van der Waals surface area contributed by atoms with Crippen LogP contribution in [-0.2, 0) is 0 Å². The Kier molecular flexibility index (Phi) is 4.69. The van der Waals surface area contributed by atoms with Crippen molar-refractivity contribution in [3.05, 3.63) is 23.8 Å². The minimum atomic E-state index is 0.885. The summed E-state index contributed by atoms with van der Waals surface area (Å²) in [7, 11) is 0. The molecule has 0 bridgehead atoms. The molecule has 16 heavy (non-hydrogen) atoms. The maximum Gasteiger partial charge on any atom is -0.0139 e. The molecule has 0 heteroatoms. The fourth-order valence-electron chi connectivity index (χ4n) is 3.34. The highest BCUT2D eigenvalue weighted by Gasteiger charge is 2.21. The third kappa shape index (κ3) is 3.23. The molecule has 1 fully saturated rings. The molecule has 2 aliphatic carbocycles. The quantitative estimate of drug-likeness (QED) is 0.416. The van der Waals surface area contributed by atoms with Crippen molar-refractivity contribution in [3.8, 4) is 0 Å². The zero-order valence-electron chi connectivity index (χ0n) is 10.8. The lowest BCUT2D eigenvalue weighted by molar-refractivity contribution is 0.336. The fourth-order valence-corrected chi connectivity index (χ4v) is 3.34. The molecule has 90 valence electrons. The van der Waals surface area contributed by atoms with Gasteiger partial charge >= 0.3 is 0 Å². The topological polar surface area (TPSA) is 0 Å². The Morgan fingerprint density at radius 3 is 2.50 bits per heavy atom. The molecule has 1 atom stereocenters. The van der Waals surface area contributed by atoms with Crippen molar-refractivity contribution >= 4 is 0 Å². The standard InChI is InChI=1S/C16H26/c1-2-14-8-7-11-16(13-12-14)15-9-5-3-4-6-10-15/h2,7,11,15-16H,3-6,8-10,12-13H2,1H3. The molecule has 0 nitrogen and oxygen atoms in total. The number of hydrogen-bond acceptors (Lipinski definition) is 0. The van der Waals surface area contributed by atoms with Gasteiger partial charge in [-0.1, -0.05) is 49.5 Å². The van der Waals surface area contributed by atoms with Crippen LogP contribution in [0.5, 0.6) is 0 Å². The van der Waals surface area contributed by atoms with Crippen LogP contribution in [0.25, 0.3) is 0 Å². The van der Waals surface area contributed by atoms with Gasteiger partial charge in [0.15, 0.2) is 0 Å². The Morgan fingerprint density at radius 2 is 1.81 bits per heavy atom. The molecular formula is C16H26. The number of allylic oxidation sites excluding steroid dienone is 4. The van der Waals surface area contributed by atoms with Crippen LogP contribution in [0.1, 0.15) is 64.7 Å². The van der Waals surface area contributed by atoms with Crippen LogP contribution in [0, 0.1) is 11.8 Å². The van der Waals surface area contributed by atoms with Gasteiger partial charge in [-0.25, -0.2) is 0 Å². The minimum absolute atomic E-state index is 0.885. The highest BCUT2D eigenvalue weighted by atomic mass is 14.3. The van der Waals surface area contributed by atoms with E-state index in [4.69, 9.17) is 0 Å². The summed E-state index contributed by atoms with van der Waals surface area (Å²) >= 11 is 0. The summed E-state index contributed by atoms with van der Waals surface area (Å²) in [6.07, 6.45) is 20.1. The Balaban J connectivity index is 1.93. The first-order valence-electron chi connectivity index (χ1n) is 7.21. The van der Waals surface area contributed by atoms with Crippen LogP contribution in [0.3, 0.4) is 0 Å². The van der Waals surface area contributed by atoms with Crippen LogP contribution < -0.4 is 0 Å². The molecule has 0 saturated heterocycles. The van der Waals surface area contributed by atoms with Gasteiger partial charge in [0.1, 0.15) is 0 Å². The van der Waals surface area contributed by atoms with E-state index in [-0.39, 0.29) is 0 Å². The van der Waals surface area contributed by atoms with Gasteiger partial charge in [-0.3, -0.25) is 0 Å². The molecule has 0 spiro atoms. The maximum absolute atomic E-state index is 2.53. The van der Waals surface area contributed by atoms with Gasteiger partial charge in [0.2, 0.25) is 0 Å². The second kappa shape index (κ2) is 6.27. The van der Waals surface area contributed by atoms with Crippen molar-refractivity contribution in [2.75, 3.05) is 0 Å². The van der Waals surface area contributed by atoms with Gasteiger partial charge in [0.05, 0.1) is 0 Å². The van der Waals surface area contributed by atoms with Gasteiger partial charge in [-0.05, 0) is 50.9 Å². The van der Waals surface area contributed by atoms with Crippen LogP contribution in [0.15, 0.2) is 23.8 Å². The van der Waals surface area contributed by atoms with Gasteiger partial charge in [-0.2, -0.15) is 0 Å². The molecule has 1 unspecified atom stereocenters. The summed E-state index contributed by atoms with van der Waals surface area (Å²) in [6, 6.07) is 0. The highest BCUT2D eigenvalue weighted by molar-refractivity contribution is 5.11. The van der Waals surface area contributed by atoms with Crippen LogP contribution in [0.4, 0.5) is 0 Å². The zero-order chi connectivity index (χ0) is 11.2. The summed E-state index contributed by atoms with van der Waals surface area (Å²) in [5.41, 5.74) is 1.65. The van der Waals surface area contributed by atoms with Crippen molar-refractivity contribution in [3.63, 3.8) is 0 Å². The summed E-state index contributed by atoms with van der Waals surface area (Å²) < 4.78 is 0. The van der Waals surface area contributed by atoms with Crippen molar-refractivity contribution in [1.82, 2.24) is 0 Å². The smallest absolute Gasteiger partial charge is 0.0139 e. The van der Waals surface area contributed by atoms with E-state index >= 15 is 0 Å². The second-order valence-corrected chi connectivity index (χ2v) is 5.53. The van der Waals surface area contributed by atoms with Crippen LogP contribution in [0.2, 0.25) is 0 Å². The van der Waals surface area contributed by atoms with E-state index < -0.39 is 0 Å². The fraction of sp³-hybridized carbons (Fsp3) is 0.750.